The van der Waals surface area contributed by atoms with Crippen LogP contribution in [0.3, 0.4) is 0 Å². The quantitative estimate of drug-likeness (QED) is 0.769. The summed E-state index contributed by atoms with van der Waals surface area (Å²) in [6.45, 7) is 7.60. The molecule has 100 valence electrons. The average Bonchev–Trinajstić information content (AvgIpc) is 2.26. The van der Waals surface area contributed by atoms with E-state index in [1.54, 1.807) is 7.11 Å². The van der Waals surface area contributed by atoms with Gasteiger partial charge in [-0.3, -0.25) is 4.79 Å². The van der Waals surface area contributed by atoms with Gasteiger partial charge in [-0.25, -0.2) is 0 Å². The van der Waals surface area contributed by atoms with Crippen LogP contribution in [0.2, 0.25) is 0 Å². The molecule has 18 heavy (non-hydrogen) atoms. The highest BCUT2D eigenvalue weighted by Crippen LogP contribution is 2.17. The van der Waals surface area contributed by atoms with Crippen molar-refractivity contribution >= 4 is 5.97 Å². The lowest BCUT2D eigenvalue weighted by Gasteiger charge is -2.19. The van der Waals surface area contributed by atoms with E-state index in [2.05, 4.69) is 0 Å². The average molecular weight is 250 g/mol. The first kappa shape index (κ1) is 14.7. The third kappa shape index (κ3) is 4.88. The first-order valence-electron chi connectivity index (χ1n) is 6.15. The third-order valence-electron chi connectivity index (χ3n) is 2.57. The molecule has 0 saturated heterocycles. The number of hydrogen-bond donors (Lipinski definition) is 0. The van der Waals surface area contributed by atoms with Gasteiger partial charge < -0.3 is 9.47 Å². The number of carbonyl (C=O) groups is 1. The van der Waals surface area contributed by atoms with E-state index in [0.29, 0.717) is 6.42 Å². The predicted octanol–water partition coefficient (Wildman–Crippen LogP) is 3.28. The molecule has 0 amide bonds. The van der Waals surface area contributed by atoms with E-state index < -0.39 is 5.60 Å². The minimum atomic E-state index is -0.429. The first-order valence-corrected chi connectivity index (χ1v) is 6.15. The summed E-state index contributed by atoms with van der Waals surface area (Å²) in [6.07, 6.45) is 0.374. The lowest BCUT2D eigenvalue weighted by atomic mass is 10.1. The smallest absolute Gasteiger partial charge is 0.310 e. The Morgan fingerprint density at radius 3 is 2.22 bits per heavy atom. The van der Waals surface area contributed by atoms with Crippen molar-refractivity contribution in [2.75, 3.05) is 7.11 Å². The Bertz CT molecular complexity index is 387. The van der Waals surface area contributed by atoms with Crippen LogP contribution in [-0.4, -0.2) is 18.7 Å². The topological polar surface area (TPSA) is 35.5 Å². The van der Waals surface area contributed by atoms with Crippen molar-refractivity contribution in [2.45, 2.75) is 45.8 Å². The fourth-order valence-corrected chi connectivity index (χ4v) is 1.59. The normalized spacial score (nSPS) is 13.2. The minimum absolute atomic E-state index is 0.0700. The molecule has 1 rings (SSSR count). The molecule has 0 fully saturated rings. The summed E-state index contributed by atoms with van der Waals surface area (Å²) < 4.78 is 10.5. The molecule has 0 aliphatic heterocycles. The Kier molecular flexibility index (Phi) is 4.91. The van der Waals surface area contributed by atoms with Gasteiger partial charge in [0.2, 0.25) is 0 Å². The second-order valence-electron chi connectivity index (χ2n) is 5.38. The van der Waals surface area contributed by atoms with Crippen LogP contribution in [0, 0.1) is 0 Å². The van der Waals surface area contributed by atoms with E-state index in [1.807, 2.05) is 52.0 Å². The Hall–Kier alpha value is -1.35. The summed E-state index contributed by atoms with van der Waals surface area (Å²) in [7, 11) is 1.68. The van der Waals surface area contributed by atoms with Crippen molar-refractivity contribution in [1.29, 1.82) is 0 Å². The summed E-state index contributed by atoms with van der Waals surface area (Å²) in [5.74, 6) is -0.199. The van der Waals surface area contributed by atoms with Gasteiger partial charge in [0.05, 0.1) is 12.5 Å². The van der Waals surface area contributed by atoms with E-state index in [0.717, 1.165) is 11.1 Å². The van der Waals surface area contributed by atoms with Crippen molar-refractivity contribution in [3.63, 3.8) is 0 Å². The molecular formula is C15H22O3. The van der Waals surface area contributed by atoms with Crippen LogP contribution in [0.25, 0.3) is 0 Å². The summed E-state index contributed by atoms with van der Waals surface area (Å²) in [6, 6.07) is 7.84. The zero-order chi connectivity index (χ0) is 13.8. The number of ether oxygens (including phenoxy) is 2. The SMILES string of the molecule is COC(C)c1ccc(CC(=O)OC(C)(C)C)cc1. The van der Waals surface area contributed by atoms with Crippen LogP contribution >= 0.6 is 0 Å². The van der Waals surface area contributed by atoms with Crippen molar-refractivity contribution < 1.29 is 14.3 Å². The van der Waals surface area contributed by atoms with E-state index in [9.17, 15) is 4.79 Å². The Morgan fingerprint density at radius 2 is 1.78 bits per heavy atom. The number of rotatable bonds is 4. The fraction of sp³-hybridized carbons (Fsp3) is 0.533. The number of carbonyl (C=O) groups excluding carboxylic acids is 1. The number of benzene rings is 1. The van der Waals surface area contributed by atoms with Gasteiger partial charge in [-0.1, -0.05) is 24.3 Å². The van der Waals surface area contributed by atoms with Gasteiger partial charge in [-0.2, -0.15) is 0 Å². The molecule has 0 N–H and O–H groups in total. The van der Waals surface area contributed by atoms with Gasteiger partial charge in [-0.05, 0) is 38.8 Å². The molecule has 0 saturated carbocycles. The Balaban J connectivity index is 2.61. The molecule has 1 unspecified atom stereocenters. The van der Waals surface area contributed by atoms with Crippen molar-refractivity contribution in [3.05, 3.63) is 35.4 Å². The first-order chi connectivity index (χ1) is 8.31. The molecule has 1 aromatic carbocycles. The zero-order valence-corrected chi connectivity index (χ0v) is 11.8. The maximum atomic E-state index is 11.7. The predicted molar refractivity (Wildman–Crippen MR) is 71.4 cm³/mol. The summed E-state index contributed by atoms with van der Waals surface area (Å²) in [4.78, 5) is 11.7. The van der Waals surface area contributed by atoms with E-state index >= 15 is 0 Å². The standard InChI is InChI=1S/C15H22O3/c1-11(17-5)13-8-6-12(7-9-13)10-14(16)18-15(2,3)4/h6-9,11H,10H2,1-5H3. The molecule has 3 heteroatoms. The maximum absolute atomic E-state index is 11.7. The summed E-state index contributed by atoms with van der Waals surface area (Å²) >= 11 is 0. The fourth-order valence-electron chi connectivity index (χ4n) is 1.59. The molecule has 0 aliphatic rings. The van der Waals surface area contributed by atoms with E-state index in [1.165, 1.54) is 0 Å². The highest BCUT2D eigenvalue weighted by molar-refractivity contribution is 5.73. The van der Waals surface area contributed by atoms with Crippen molar-refractivity contribution in [2.24, 2.45) is 0 Å². The molecule has 0 radical (unpaired) electrons. The lowest BCUT2D eigenvalue weighted by molar-refractivity contribution is -0.153. The third-order valence-corrected chi connectivity index (χ3v) is 2.57. The molecule has 3 nitrogen and oxygen atoms in total. The van der Waals surface area contributed by atoms with Gasteiger partial charge in [0.15, 0.2) is 0 Å². The van der Waals surface area contributed by atoms with Crippen LogP contribution in [-0.2, 0) is 20.7 Å². The molecule has 0 spiro atoms. The van der Waals surface area contributed by atoms with Gasteiger partial charge in [0.25, 0.3) is 0 Å². The van der Waals surface area contributed by atoms with Crippen LogP contribution in [0.15, 0.2) is 24.3 Å². The number of methoxy groups -OCH3 is 1. The molecule has 1 atom stereocenters. The van der Waals surface area contributed by atoms with Gasteiger partial charge in [0, 0.05) is 7.11 Å². The van der Waals surface area contributed by atoms with Crippen LogP contribution in [0.4, 0.5) is 0 Å². The molecule has 0 heterocycles. The van der Waals surface area contributed by atoms with Crippen molar-refractivity contribution in [3.8, 4) is 0 Å². The molecule has 0 bridgehead atoms. The second-order valence-corrected chi connectivity index (χ2v) is 5.38. The Morgan fingerprint density at radius 1 is 1.22 bits per heavy atom. The Labute approximate surface area is 109 Å². The van der Waals surface area contributed by atoms with Crippen molar-refractivity contribution in [1.82, 2.24) is 0 Å². The largest absolute Gasteiger partial charge is 0.460 e. The van der Waals surface area contributed by atoms with Gasteiger partial charge in [-0.15, -0.1) is 0 Å². The number of esters is 1. The van der Waals surface area contributed by atoms with E-state index in [4.69, 9.17) is 9.47 Å². The summed E-state index contributed by atoms with van der Waals surface area (Å²) in [5, 5.41) is 0. The lowest BCUT2D eigenvalue weighted by Crippen LogP contribution is -2.24. The molecular weight excluding hydrogens is 228 g/mol. The maximum Gasteiger partial charge on any atom is 0.310 e. The van der Waals surface area contributed by atoms with Gasteiger partial charge >= 0.3 is 5.97 Å². The second kappa shape index (κ2) is 6.01. The summed E-state index contributed by atoms with van der Waals surface area (Å²) in [5.41, 5.74) is 1.63. The van der Waals surface area contributed by atoms with E-state index in [-0.39, 0.29) is 12.1 Å². The van der Waals surface area contributed by atoms with Crippen LogP contribution in [0.5, 0.6) is 0 Å². The van der Waals surface area contributed by atoms with Crippen LogP contribution < -0.4 is 0 Å². The van der Waals surface area contributed by atoms with Crippen LogP contribution in [0.1, 0.15) is 44.9 Å². The number of hydrogen-bond acceptors (Lipinski definition) is 3. The molecule has 0 aromatic heterocycles. The van der Waals surface area contributed by atoms with Gasteiger partial charge in [0.1, 0.15) is 5.60 Å². The molecule has 0 aliphatic carbocycles. The minimum Gasteiger partial charge on any atom is -0.460 e. The highest BCUT2D eigenvalue weighted by atomic mass is 16.6. The monoisotopic (exact) mass is 250 g/mol. The highest BCUT2D eigenvalue weighted by Gasteiger charge is 2.16. The zero-order valence-electron chi connectivity index (χ0n) is 11.8. The molecule has 1 aromatic rings.